The predicted octanol–water partition coefficient (Wildman–Crippen LogP) is 3.58. The van der Waals surface area contributed by atoms with Crippen LogP contribution in [-0.4, -0.2) is 13.1 Å². The van der Waals surface area contributed by atoms with E-state index >= 15 is 0 Å². The fourth-order valence-corrected chi connectivity index (χ4v) is 1.86. The second kappa shape index (κ2) is 6.09. The molecule has 0 aliphatic heterocycles. The van der Waals surface area contributed by atoms with Crippen LogP contribution >= 0.6 is 11.6 Å². The van der Waals surface area contributed by atoms with E-state index in [2.05, 4.69) is 19.2 Å². The van der Waals surface area contributed by atoms with Crippen molar-refractivity contribution in [1.82, 2.24) is 5.32 Å². The third kappa shape index (κ3) is 3.80. The Labute approximate surface area is 95.6 Å². The van der Waals surface area contributed by atoms with Crippen molar-refractivity contribution in [1.29, 1.82) is 0 Å². The van der Waals surface area contributed by atoms with Crippen LogP contribution in [0.5, 0.6) is 0 Å². The minimum Gasteiger partial charge on any atom is -0.316 e. The molecule has 0 bridgehead atoms. The summed E-state index contributed by atoms with van der Waals surface area (Å²) >= 11 is 5.97. The lowest BCUT2D eigenvalue weighted by molar-refractivity contribution is 0.603. The first-order valence-corrected chi connectivity index (χ1v) is 5.68. The fraction of sp³-hybridized carbons (Fsp3) is 0.500. The predicted molar refractivity (Wildman–Crippen MR) is 63.0 cm³/mol. The Morgan fingerprint density at radius 1 is 1.47 bits per heavy atom. The summed E-state index contributed by atoms with van der Waals surface area (Å²) in [6.07, 6.45) is 1.11. The summed E-state index contributed by atoms with van der Waals surface area (Å²) in [6, 6.07) is 4.58. The minimum absolute atomic E-state index is 0.280. The minimum atomic E-state index is -0.280. The van der Waals surface area contributed by atoms with Gasteiger partial charge >= 0.3 is 0 Å². The van der Waals surface area contributed by atoms with Gasteiger partial charge in [-0.15, -0.1) is 0 Å². The van der Waals surface area contributed by atoms with E-state index in [0.717, 1.165) is 25.1 Å². The highest BCUT2D eigenvalue weighted by molar-refractivity contribution is 6.31. The van der Waals surface area contributed by atoms with Crippen LogP contribution in [0.1, 0.15) is 31.7 Å². The van der Waals surface area contributed by atoms with Crippen molar-refractivity contribution in [3.05, 3.63) is 34.6 Å². The average molecular weight is 230 g/mol. The summed E-state index contributed by atoms with van der Waals surface area (Å²) in [5.74, 6) is 0.0297. The number of halogens is 2. The molecule has 0 heterocycles. The smallest absolute Gasteiger partial charge is 0.124 e. The van der Waals surface area contributed by atoms with Crippen LogP contribution in [0, 0.1) is 5.82 Å². The summed E-state index contributed by atoms with van der Waals surface area (Å²) < 4.78 is 12.8. The number of rotatable bonds is 5. The van der Waals surface area contributed by atoms with E-state index in [9.17, 15) is 4.39 Å². The molecule has 0 amide bonds. The first kappa shape index (κ1) is 12.5. The van der Waals surface area contributed by atoms with Crippen molar-refractivity contribution in [3.63, 3.8) is 0 Å². The van der Waals surface area contributed by atoms with Gasteiger partial charge in [-0.2, -0.15) is 0 Å². The number of hydrogen-bond donors (Lipinski definition) is 1. The largest absolute Gasteiger partial charge is 0.316 e. The molecule has 0 aliphatic rings. The molecule has 0 aliphatic carbocycles. The van der Waals surface area contributed by atoms with Gasteiger partial charge in [0.15, 0.2) is 0 Å². The van der Waals surface area contributed by atoms with Gasteiger partial charge in [-0.05, 0) is 36.6 Å². The molecule has 1 atom stereocenters. The Morgan fingerprint density at radius 2 is 2.20 bits per heavy atom. The molecule has 1 aromatic carbocycles. The van der Waals surface area contributed by atoms with E-state index in [1.165, 1.54) is 12.1 Å². The van der Waals surface area contributed by atoms with Gasteiger partial charge in [0, 0.05) is 11.6 Å². The molecule has 0 spiro atoms. The molecular weight excluding hydrogens is 213 g/mol. The van der Waals surface area contributed by atoms with Gasteiger partial charge in [-0.25, -0.2) is 4.39 Å². The second-order valence-corrected chi connectivity index (χ2v) is 4.18. The summed E-state index contributed by atoms with van der Waals surface area (Å²) in [5, 5.41) is 3.84. The Balaban J connectivity index is 2.61. The van der Waals surface area contributed by atoms with E-state index in [1.54, 1.807) is 6.07 Å². The topological polar surface area (TPSA) is 12.0 Å². The molecule has 1 rings (SSSR count). The number of nitrogens with one attached hydrogen (secondary N) is 1. The monoisotopic (exact) mass is 229 g/mol. The molecule has 84 valence electrons. The highest BCUT2D eigenvalue weighted by Gasteiger charge is 2.09. The lowest BCUT2D eigenvalue weighted by Crippen LogP contribution is -2.20. The zero-order valence-corrected chi connectivity index (χ0v) is 9.94. The highest BCUT2D eigenvalue weighted by Crippen LogP contribution is 2.24. The van der Waals surface area contributed by atoms with E-state index in [1.807, 2.05) is 0 Å². The van der Waals surface area contributed by atoms with E-state index in [4.69, 9.17) is 11.6 Å². The van der Waals surface area contributed by atoms with Crippen LogP contribution in [0.2, 0.25) is 5.02 Å². The molecule has 0 radical (unpaired) electrons. The standard InChI is InChI=1S/C12H17ClFN/c1-3-6-15-8-9(2)11-5-4-10(14)7-12(11)13/h4-5,7,9,15H,3,6,8H2,1-2H3. The Bertz CT molecular complexity index is 314. The summed E-state index contributed by atoms with van der Waals surface area (Å²) in [5.41, 5.74) is 1.00. The number of benzene rings is 1. The van der Waals surface area contributed by atoms with Gasteiger partial charge in [0.05, 0.1) is 0 Å². The molecule has 1 unspecified atom stereocenters. The lowest BCUT2D eigenvalue weighted by Gasteiger charge is -2.14. The van der Waals surface area contributed by atoms with Crippen LogP contribution < -0.4 is 5.32 Å². The summed E-state index contributed by atoms with van der Waals surface area (Å²) in [7, 11) is 0. The van der Waals surface area contributed by atoms with E-state index in [0.29, 0.717) is 10.9 Å². The Morgan fingerprint density at radius 3 is 2.80 bits per heavy atom. The second-order valence-electron chi connectivity index (χ2n) is 3.77. The van der Waals surface area contributed by atoms with Crippen molar-refractivity contribution in [2.45, 2.75) is 26.2 Å². The quantitative estimate of drug-likeness (QED) is 0.761. The molecule has 3 heteroatoms. The Hall–Kier alpha value is -0.600. The maximum absolute atomic E-state index is 12.8. The SMILES string of the molecule is CCCNCC(C)c1ccc(F)cc1Cl. The fourth-order valence-electron chi connectivity index (χ4n) is 1.51. The van der Waals surface area contributed by atoms with Gasteiger partial charge in [-0.1, -0.05) is 31.5 Å². The number of hydrogen-bond acceptors (Lipinski definition) is 1. The highest BCUT2D eigenvalue weighted by atomic mass is 35.5. The molecule has 1 aromatic rings. The van der Waals surface area contributed by atoms with Crippen LogP contribution in [0.4, 0.5) is 4.39 Å². The van der Waals surface area contributed by atoms with Crippen molar-refractivity contribution in [2.24, 2.45) is 0 Å². The molecule has 15 heavy (non-hydrogen) atoms. The Kier molecular flexibility index (Phi) is 5.06. The van der Waals surface area contributed by atoms with Crippen molar-refractivity contribution >= 4 is 11.6 Å². The molecule has 0 saturated carbocycles. The first-order chi connectivity index (χ1) is 7.15. The lowest BCUT2D eigenvalue weighted by atomic mass is 10.0. The first-order valence-electron chi connectivity index (χ1n) is 5.30. The van der Waals surface area contributed by atoms with Gasteiger partial charge < -0.3 is 5.32 Å². The molecule has 1 nitrogen and oxygen atoms in total. The maximum atomic E-state index is 12.8. The summed E-state index contributed by atoms with van der Waals surface area (Å²) in [4.78, 5) is 0. The average Bonchev–Trinajstić information content (AvgIpc) is 2.17. The van der Waals surface area contributed by atoms with Gasteiger partial charge in [0.25, 0.3) is 0 Å². The van der Waals surface area contributed by atoms with Gasteiger partial charge in [-0.3, -0.25) is 0 Å². The molecule has 0 saturated heterocycles. The zero-order chi connectivity index (χ0) is 11.3. The van der Waals surface area contributed by atoms with E-state index in [-0.39, 0.29) is 5.82 Å². The molecular formula is C12H17ClFN. The zero-order valence-electron chi connectivity index (χ0n) is 9.19. The molecule has 1 N–H and O–H groups in total. The van der Waals surface area contributed by atoms with Crippen LogP contribution in [0.3, 0.4) is 0 Å². The van der Waals surface area contributed by atoms with Crippen molar-refractivity contribution in [3.8, 4) is 0 Å². The summed E-state index contributed by atoms with van der Waals surface area (Å²) in [6.45, 7) is 6.09. The van der Waals surface area contributed by atoms with Crippen LogP contribution in [0.25, 0.3) is 0 Å². The van der Waals surface area contributed by atoms with Crippen LogP contribution in [0.15, 0.2) is 18.2 Å². The maximum Gasteiger partial charge on any atom is 0.124 e. The third-order valence-corrected chi connectivity index (χ3v) is 2.70. The third-order valence-electron chi connectivity index (χ3n) is 2.37. The molecule has 0 aromatic heterocycles. The van der Waals surface area contributed by atoms with Crippen LogP contribution in [-0.2, 0) is 0 Å². The van der Waals surface area contributed by atoms with Crippen molar-refractivity contribution < 1.29 is 4.39 Å². The normalized spacial score (nSPS) is 12.8. The van der Waals surface area contributed by atoms with Gasteiger partial charge in [0.2, 0.25) is 0 Å². The van der Waals surface area contributed by atoms with E-state index < -0.39 is 0 Å². The molecule has 0 fully saturated rings. The van der Waals surface area contributed by atoms with Gasteiger partial charge in [0.1, 0.15) is 5.82 Å². The van der Waals surface area contributed by atoms with Crippen molar-refractivity contribution in [2.75, 3.05) is 13.1 Å².